The molecule has 1 aromatic carbocycles. The number of nitrogens with zero attached hydrogens (tertiary/aromatic N) is 2. The maximum Gasteiger partial charge on any atom is 0.151 e. The second-order valence-electron chi connectivity index (χ2n) is 4.40. The molecule has 17 heavy (non-hydrogen) atoms. The Morgan fingerprint density at radius 3 is 2.65 bits per heavy atom. The number of anilines is 1. The van der Waals surface area contributed by atoms with Crippen LogP contribution in [0, 0.1) is 0 Å². The van der Waals surface area contributed by atoms with Crippen LogP contribution in [-0.2, 0) is 6.42 Å². The van der Waals surface area contributed by atoms with Gasteiger partial charge in [0.05, 0.1) is 5.52 Å². The molecule has 0 aliphatic rings. The summed E-state index contributed by atoms with van der Waals surface area (Å²) in [6, 6.07) is 6.11. The maximum atomic E-state index is 5.54. The molecule has 0 atom stereocenters. The Morgan fingerprint density at radius 1 is 1.29 bits per heavy atom. The van der Waals surface area contributed by atoms with E-state index in [0.717, 1.165) is 23.1 Å². The summed E-state index contributed by atoms with van der Waals surface area (Å²) < 4.78 is 0. The summed E-state index contributed by atoms with van der Waals surface area (Å²) in [6.45, 7) is 6.29. The van der Waals surface area contributed by atoms with Crippen LogP contribution in [0.4, 0.5) is 5.82 Å². The number of aryl methyl sites for hydroxylation is 1. The van der Waals surface area contributed by atoms with Crippen LogP contribution in [0.3, 0.4) is 0 Å². The normalized spacial score (nSPS) is 11.1. The average molecular weight is 230 g/mol. The number of hydrogen-bond acceptors (Lipinski definition) is 4. The molecule has 90 valence electrons. The van der Waals surface area contributed by atoms with Crippen molar-refractivity contribution < 1.29 is 0 Å². The second kappa shape index (κ2) is 4.67. The van der Waals surface area contributed by atoms with Crippen LogP contribution in [0.2, 0.25) is 0 Å². The number of fused-ring (bicyclic) bond motifs is 1. The molecule has 0 bridgehead atoms. The van der Waals surface area contributed by atoms with E-state index in [4.69, 9.17) is 5.84 Å². The number of nitrogens with one attached hydrogen (secondary N) is 1. The molecule has 2 rings (SSSR count). The van der Waals surface area contributed by atoms with Gasteiger partial charge in [-0.25, -0.2) is 15.8 Å². The lowest BCUT2D eigenvalue weighted by Gasteiger charge is -2.11. The first kappa shape index (κ1) is 11.8. The van der Waals surface area contributed by atoms with Gasteiger partial charge in [0.15, 0.2) is 5.82 Å². The van der Waals surface area contributed by atoms with Crippen LogP contribution in [0.15, 0.2) is 18.2 Å². The maximum absolute atomic E-state index is 5.54. The first-order chi connectivity index (χ1) is 8.17. The molecule has 0 saturated heterocycles. The lowest BCUT2D eigenvalue weighted by Crippen LogP contribution is -2.12. The highest BCUT2D eigenvalue weighted by atomic mass is 15.3. The minimum atomic E-state index is 0.288. The van der Waals surface area contributed by atoms with E-state index in [2.05, 4.69) is 42.2 Å². The highest BCUT2D eigenvalue weighted by Crippen LogP contribution is 2.25. The van der Waals surface area contributed by atoms with E-state index >= 15 is 0 Å². The summed E-state index contributed by atoms with van der Waals surface area (Å²) in [5.41, 5.74) is 4.89. The largest absolute Gasteiger partial charge is 0.308 e. The standard InChI is InChI=1S/C13H18N4/c1-4-9-6-5-7-10-11(9)15-12(8(2)3)16-13(10)17-14/h5-8H,4,14H2,1-3H3,(H,15,16,17). The van der Waals surface area contributed by atoms with E-state index in [1.165, 1.54) is 5.56 Å². The Kier molecular flexibility index (Phi) is 3.24. The topological polar surface area (TPSA) is 63.8 Å². The molecule has 0 spiro atoms. The van der Waals surface area contributed by atoms with Crippen molar-refractivity contribution in [3.05, 3.63) is 29.6 Å². The number of aromatic nitrogens is 2. The number of rotatable bonds is 3. The van der Waals surface area contributed by atoms with Crippen molar-refractivity contribution in [3.63, 3.8) is 0 Å². The number of nitrogen functional groups attached to an aromatic ring is 1. The predicted molar refractivity (Wildman–Crippen MR) is 70.8 cm³/mol. The zero-order valence-corrected chi connectivity index (χ0v) is 10.5. The van der Waals surface area contributed by atoms with Gasteiger partial charge in [-0.15, -0.1) is 0 Å². The SMILES string of the molecule is CCc1cccc2c(NN)nc(C(C)C)nc12. The molecule has 0 aliphatic heterocycles. The number of benzene rings is 1. The van der Waals surface area contributed by atoms with Gasteiger partial charge in [0.25, 0.3) is 0 Å². The summed E-state index contributed by atoms with van der Waals surface area (Å²) in [7, 11) is 0. The van der Waals surface area contributed by atoms with Crippen molar-refractivity contribution in [1.82, 2.24) is 9.97 Å². The number of nitrogens with two attached hydrogens (primary N) is 1. The fourth-order valence-electron chi connectivity index (χ4n) is 1.88. The molecule has 4 nitrogen and oxygen atoms in total. The summed E-state index contributed by atoms with van der Waals surface area (Å²) in [6.07, 6.45) is 0.954. The van der Waals surface area contributed by atoms with Crippen LogP contribution in [0.25, 0.3) is 10.9 Å². The molecule has 3 N–H and O–H groups in total. The van der Waals surface area contributed by atoms with Crippen molar-refractivity contribution in [3.8, 4) is 0 Å². The first-order valence-corrected chi connectivity index (χ1v) is 5.93. The highest BCUT2D eigenvalue weighted by Gasteiger charge is 2.11. The quantitative estimate of drug-likeness (QED) is 0.628. The van der Waals surface area contributed by atoms with Gasteiger partial charge >= 0.3 is 0 Å². The molecule has 2 aromatic rings. The lowest BCUT2D eigenvalue weighted by molar-refractivity contribution is 0.783. The van der Waals surface area contributed by atoms with E-state index < -0.39 is 0 Å². The van der Waals surface area contributed by atoms with E-state index in [-0.39, 0.29) is 5.92 Å². The fraction of sp³-hybridized carbons (Fsp3) is 0.385. The molecular weight excluding hydrogens is 212 g/mol. The zero-order valence-electron chi connectivity index (χ0n) is 10.5. The van der Waals surface area contributed by atoms with Crippen LogP contribution in [0.5, 0.6) is 0 Å². The third kappa shape index (κ3) is 2.08. The third-order valence-corrected chi connectivity index (χ3v) is 2.86. The lowest BCUT2D eigenvalue weighted by atomic mass is 10.1. The Bertz CT molecular complexity index is 534. The highest BCUT2D eigenvalue weighted by molar-refractivity contribution is 5.91. The van der Waals surface area contributed by atoms with Crippen molar-refractivity contribution in [2.45, 2.75) is 33.1 Å². The van der Waals surface area contributed by atoms with Crippen LogP contribution >= 0.6 is 0 Å². The van der Waals surface area contributed by atoms with Crippen LogP contribution in [0.1, 0.15) is 38.1 Å². The molecule has 0 unspecified atom stereocenters. The first-order valence-electron chi connectivity index (χ1n) is 5.93. The summed E-state index contributed by atoms with van der Waals surface area (Å²) in [4.78, 5) is 9.09. The number of hydrogen-bond donors (Lipinski definition) is 2. The van der Waals surface area contributed by atoms with Crippen molar-refractivity contribution in [1.29, 1.82) is 0 Å². The summed E-state index contributed by atoms with van der Waals surface area (Å²) in [5, 5.41) is 0.983. The molecule has 0 radical (unpaired) electrons. The van der Waals surface area contributed by atoms with Crippen LogP contribution < -0.4 is 11.3 Å². The molecule has 0 saturated carbocycles. The Balaban J connectivity index is 2.78. The van der Waals surface area contributed by atoms with Crippen molar-refractivity contribution in [2.75, 3.05) is 5.43 Å². The fourth-order valence-corrected chi connectivity index (χ4v) is 1.88. The zero-order chi connectivity index (χ0) is 12.4. The second-order valence-corrected chi connectivity index (χ2v) is 4.40. The Labute approximate surface area is 101 Å². The molecule has 1 aromatic heterocycles. The van der Waals surface area contributed by atoms with Gasteiger partial charge in [0.1, 0.15) is 5.82 Å². The summed E-state index contributed by atoms with van der Waals surface area (Å²) in [5.74, 6) is 7.35. The van der Waals surface area contributed by atoms with Gasteiger partial charge in [0.2, 0.25) is 0 Å². The average Bonchev–Trinajstić information content (AvgIpc) is 2.36. The van der Waals surface area contributed by atoms with Gasteiger partial charge in [0, 0.05) is 11.3 Å². The van der Waals surface area contributed by atoms with Gasteiger partial charge in [-0.05, 0) is 18.1 Å². The van der Waals surface area contributed by atoms with E-state index in [1.54, 1.807) is 0 Å². The number of hydrazine groups is 1. The Morgan fingerprint density at radius 2 is 2.06 bits per heavy atom. The minimum Gasteiger partial charge on any atom is -0.308 e. The Hall–Kier alpha value is -1.68. The smallest absolute Gasteiger partial charge is 0.151 e. The molecule has 0 fully saturated rings. The van der Waals surface area contributed by atoms with E-state index in [0.29, 0.717) is 5.82 Å². The van der Waals surface area contributed by atoms with E-state index in [9.17, 15) is 0 Å². The predicted octanol–water partition coefficient (Wildman–Crippen LogP) is 2.60. The molecule has 0 amide bonds. The molecule has 1 heterocycles. The van der Waals surface area contributed by atoms with Crippen molar-refractivity contribution in [2.24, 2.45) is 5.84 Å². The molecule has 0 aliphatic carbocycles. The van der Waals surface area contributed by atoms with Gasteiger partial charge in [-0.3, -0.25) is 0 Å². The minimum absolute atomic E-state index is 0.288. The number of para-hydroxylation sites is 1. The van der Waals surface area contributed by atoms with Gasteiger partial charge < -0.3 is 5.43 Å². The van der Waals surface area contributed by atoms with Crippen molar-refractivity contribution >= 4 is 16.7 Å². The molecular formula is C13H18N4. The monoisotopic (exact) mass is 230 g/mol. The third-order valence-electron chi connectivity index (χ3n) is 2.86. The van der Waals surface area contributed by atoms with Crippen LogP contribution in [-0.4, -0.2) is 9.97 Å². The van der Waals surface area contributed by atoms with Gasteiger partial charge in [-0.1, -0.05) is 32.9 Å². The van der Waals surface area contributed by atoms with Gasteiger partial charge in [-0.2, -0.15) is 0 Å². The van der Waals surface area contributed by atoms with E-state index in [1.807, 2.05) is 12.1 Å². The molecule has 4 heteroatoms. The summed E-state index contributed by atoms with van der Waals surface area (Å²) >= 11 is 0.